The Morgan fingerprint density at radius 1 is 0.227 bits per heavy atom. The largest absolute Gasteiger partial charge is 0.309 e. The average Bonchev–Trinajstić information content (AvgIpc) is 3.37. The van der Waals surface area contributed by atoms with E-state index in [0.29, 0.717) is 0 Å². The molecule has 0 saturated carbocycles. The van der Waals surface area contributed by atoms with Gasteiger partial charge in [-0.25, -0.2) is 0 Å². The molecule has 0 aliphatic carbocycles. The minimum absolute atomic E-state index is 1.12. The molecule has 10 rings (SSSR count). The average molecular weight is 849 g/mol. The highest BCUT2D eigenvalue weighted by Gasteiger charge is 2.23. The lowest BCUT2D eigenvalue weighted by molar-refractivity contribution is 1.22. The van der Waals surface area contributed by atoms with Gasteiger partial charge in [0.2, 0.25) is 0 Å². The molecule has 0 bridgehead atoms. The van der Waals surface area contributed by atoms with Crippen LogP contribution < -0.4 is 9.80 Å². The van der Waals surface area contributed by atoms with Crippen LogP contribution in [0.5, 0.6) is 0 Å². The van der Waals surface area contributed by atoms with Crippen LogP contribution in [0.15, 0.2) is 243 Å². The fourth-order valence-electron chi connectivity index (χ4n) is 9.43. The molecule has 0 aromatic heterocycles. The summed E-state index contributed by atoms with van der Waals surface area (Å²) in [5, 5.41) is 0. The van der Waals surface area contributed by atoms with Crippen LogP contribution in [0.2, 0.25) is 0 Å². The van der Waals surface area contributed by atoms with Gasteiger partial charge in [0, 0.05) is 33.9 Å². The molecule has 0 atom stereocenters. The molecule has 0 fully saturated rings. The molecule has 0 heterocycles. The van der Waals surface area contributed by atoms with Crippen molar-refractivity contribution in [3.05, 3.63) is 265 Å². The van der Waals surface area contributed by atoms with Crippen LogP contribution in [0.3, 0.4) is 0 Å². The first kappa shape index (κ1) is 41.8. The lowest BCUT2D eigenvalue weighted by Crippen LogP contribution is -2.14. The number of rotatable bonds is 11. The topological polar surface area (TPSA) is 6.48 Å². The molecule has 2 heteroatoms. The first-order valence-electron chi connectivity index (χ1n) is 22.8. The molecule has 0 unspecified atom stereocenters. The number of para-hydroxylation sites is 4. The minimum Gasteiger partial charge on any atom is -0.309 e. The Bertz CT molecular complexity index is 3030. The van der Waals surface area contributed by atoms with E-state index in [4.69, 9.17) is 0 Å². The van der Waals surface area contributed by atoms with E-state index in [2.05, 4.69) is 280 Å². The van der Waals surface area contributed by atoms with Crippen LogP contribution in [0.4, 0.5) is 34.1 Å². The molecule has 0 amide bonds. The second kappa shape index (κ2) is 18.5. The summed E-state index contributed by atoms with van der Waals surface area (Å²) in [6, 6.07) is 87.9. The van der Waals surface area contributed by atoms with Crippen LogP contribution in [0.1, 0.15) is 22.3 Å². The highest BCUT2D eigenvalue weighted by molar-refractivity contribution is 5.93. The van der Waals surface area contributed by atoms with E-state index in [1.54, 1.807) is 0 Å². The van der Waals surface area contributed by atoms with Gasteiger partial charge in [-0.15, -0.1) is 0 Å². The monoisotopic (exact) mass is 848 g/mol. The quantitative estimate of drug-likeness (QED) is 0.128. The molecule has 0 saturated heterocycles. The Kier molecular flexibility index (Phi) is 11.7. The number of aryl methyl sites for hydroxylation is 4. The maximum absolute atomic E-state index is 2.44. The Morgan fingerprint density at radius 2 is 0.530 bits per heavy atom. The van der Waals surface area contributed by atoms with Crippen molar-refractivity contribution in [2.75, 3.05) is 9.80 Å². The van der Waals surface area contributed by atoms with E-state index in [9.17, 15) is 0 Å². The van der Waals surface area contributed by atoms with E-state index >= 15 is 0 Å². The van der Waals surface area contributed by atoms with Gasteiger partial charge in [0.25, 0.3) is 0 Å². The third-order valence-electron chi connectivity index (χ3n) is 12.8. The van der Waals surface area contributed by atoms with Gasteiger partial charge in [-0.3, -0.25) is 0 Å². The van der Waals surface area contributed by atoms with Crippen LogP contribution in [0.25, 0.3) is 55.6 Å². The molecule has 0 N–H and O–H groups in total. The molecule has 0 radical (unpaired) electrons. The van der Waals surface area contributed by atoms with Gasteiger partial charge in [-0.2, -0.15) is 0 Å². The first-order valence-corrected chi connectivity index (χ1v) is 22.8. The Morgan fingerprint density at radius 3 is 0.879 bits per heavy atom. The SMILES string of the molecule is Cc1cc(-c2ccc(N(c3ccccc3)c3c(C)cccc3-c3ccc(-c4ccccc4)cc3)c(C)c2)ccc1N(c1ccccc1)c1c(C)cccc1-c1ccc(-c2ccccc2)cc1. The van der Waals surface area contributed by atoms with Crippen molar-refractivity contribution < 1.29 is 0 Å². The number of nitrogens with zero attached hydrogens (tertiary/aromatic N) is 2. The van der Waals surface area contributed by atoms with E-state index in [1.165, 1.54) is 89.3 Å². The maximum Gasteiger partial charge on any atom is 0.0569 e. The molecule has 2 nitrogen and oxygen atoms in total. The van der Waals surface area contributed by atoms with Gasteiger partial charge in [-0.05, 0) is 143 Å². The molecule has 10 aromatic carbocycles. The summed E-state index contributed by atoms with van der Waals surface area (Å²) < 4.78 is 0. The molecule has 0 aliphatic heterocycles. The summed E-state index contributed by atoms with van der Waals surface area (Å²) in [5.74, 6) is 0. The molecular weight excluding hydrogens is 797 g/mol. The summed E-state index contributed by atoms with van der Waals surface area (Å²) in [6.07, 6.45) is 0. The first-order chi connectivity index (χ1) is 32.4. The summed E-state index contributed by atoms with van der Waals surface area (Å²) in [4.78, 5) is 4.88. The smallest absolute Gasteiger partial charge is 0.0569 e. The van der Waals surface area contributed by atoms with Gasteiger partial charge in [0.15, 0.2) is 0 Å². The second-order valence-electron chi connectivity index (χ2n) is 17.2. The van der Waals surface area contributed by atoms with Crippen molar-refractivity contribution in [2.24, 2.45) is 0 Å². The highest BCUT2D eigenvalue weighted by atomic mass is 15.2. The predicted octanol–water partition coefficient (Wildman–Crippen LogP) is 18.2. The van der Waals surface area contributed by atoms with Gasteiger partial charge >= 0.3 is 0 Å². The zero-order valence-corrected chi connectivity index (χ0v) is 38.0. The summed E-state index contributed by atoms with van der Waals surface area (Å²) >= 11 is 0. The number of benzene rings is 10. The Hall–Kier alpha value is -8.20. The summed E-state index contributed by atoms with van der Waals surface area (Å²) in [6.45, 7) is 8.93. The van der Waals surface area contributed by atoms with E-state index in [0.717, 1.165) is 22.7 Å². The molecule has 0 spiro atoms. The molecule has 10 aromatic rings. The third kappa shape index (κ3) is 8.33. The number of hydrogen-bond acceptors (Lipinski definition) is 2. The number of anilines is 6. The van der Waals surface area contributed by atoms with Gasteiger partial charge in [0.1, 0.15) is 0 Å². The molecule has 66 heavy (non-hydrogen) atoms. The van der Waals surface area contributed by atoms with Crippen LogP contribution in [-0.4, -0.2) is 0 Å². The summed E-state index contributed by atoms with van der Waals surface area (Å²) in [7, 11) is 0. The second-order valence-corrected chi connectivity index (χ2v) is 17.2. The normalized spacial score (nSPS) is 11.0. The van der Waals surface area contributed by atoms with E-state index in [1.807, 2.05) is 0 Å². The lowest BCUT2D eigenvalue weighted by atomic mass is 9.94. The van der Waals surface area contributed by atoms with E-state index in [-0.39, 0.29) is 0 Å². The molecule has 0 aliphatic rings. The Labute approximate surface area is 390 Å². The van der Waals surface area contributed by atoms with Crippen molar-refractivity contribution >= 4 is 34.1 Å². The van der Waals surface area contributed by atoms with Gasteiger partial charge in [0.05, 0.1) is 11.4 Å². The van der Waals surface area contributed by atoms with Crippen LogP contribution >= 0.6 is 0 Å². The fraction of sp³-hybridized carbons (Fsp3) is 0.0625. The van der Waals surface area contributed by atoms with E-state index < -0.39 is 0 Å². The van der Waals surface area contributed by atoms with Gasteiger partial charge < -0.3 is 9.80 Å². The third-order valence-corrected chi connectivity index (χ3v) is 12.8. The fourth-order valence-corrected chi connectivity index (χ4v) is 9.43. The number of hydrogen-bond donors (Lipinski definition) is 0. The van der Waals surface area contributed by atoms with Crippen molar-refractivity contribution in [1.82, 2.24) is 0 Å². The van der Waals surface area contributed by atoms with Crippen LogP contribution in [0, 0.1) is 27.7 Å². The zero-order chi connectivity index (χ0) is 45.0. The van der Waals surface area contributed by atoms with Crippen molar-refractivity contribution in [3.8, 4) is 55.6 Å². The maximum atomic E-state index is 2.44. The molecule has 318 valence electrons. The molecular formula is C64H52N2. The lowest BCUT2D eigenvalue weighted by Gasteiger charge is -2.31. The zero-order valence-electron chi connectivity index (χ0n) is 38.0. The van der Waals surface area contributed by atoms with Crippen molar-refractivity contribution in [3.63, 3.8) is 0 Å². The standard InChI is InChI=1S/C64H52N2/c1-45-19-17-29-59(53-35-31-51(32-36-53)49-21-9-5-10-22-49)63(45)65(57-25-13-7-14-26-57)61-41-39-55(43-47(61)3)56-40-42-62(48(4)44-56)66(58-27-15-8-16-28-58)64-46(2)20-18-30-60(64)54-37-33-52(34-38-54)50-23-11-6-12-24-50/h5-44H,1-4H3. The minimum atomic E-state index is 1.12. The van der Waals surface area contributed by atoms with Gasteiger partial charge in [-0.1, -0.05) is 194 Å². The summed E-state index contributed by atoms with van der Waals surface area (Å²) in [5.41, 5.74) is 23.7. The van der Waals surface area contributed by atoms with Crippen LogP contribution in [-0.2, 0) is 0 Å². The van der Waals surface area contributed by atoms with Crippen molar-refractivity contribution in [1.29, 1.82) is 0 Å². The Balaban J connectivity index is 1.02. The predicted molar refractivity (Wildman–Crippen MR) is 282 cm³/mol. The van der Waals surface area contributed by atoms with Crippen molar-refractivity contribution in [2.45, 2.75) is 27.7 Å². The highest BCUT2D eigenvalue weighted by Crippen LogP contribution is 2.47.